The molecule has 0 saturated carbocycles. The number of benzene rings is 1. The zero-order valence-electron chi connectivity index (χ0n) is 10.2. The molecule has 90 valence electrons. The normalized spacial score (nSPS) is 12.2. The third-order valence-corrected chi connectivity index (χ3v) is 2.42. The zero-order chi connectivity index (χ0) is 13.0. The number of hydrogen-bond donors (Lipinski definition) is 1. The number of fused-ring (bicyclic) bond motifs is 1. The Hall–Kier alpha value is -2.49. The SMILES string of the molecule is C=C(N)N=C/C=C(\C)c1cnc2ccccc2n1. The Morgan fingerprint density at radius 2 is 2.06 bits per heavy atom. The van der Waals surface area contributed by atoms with Gasteiger partial charge in [0.1, 0.15) is 5.82 Å². The molecule has 0 aliphatic heterocycles. The van der Waals surface area contributed by atoms with E-state index < -0.39 is 0 Å². The molecule has 1 aromatic heterocycles. The van der Waals surface area contributed by atoms with Gasteiger partial charge in [0.25, 0.3) is 0 Å². The van der Waals surface area contributed by atoms with Crippen LogP contribution in [-0.4, -0.2) is 16.2 Å². The lowest BCUT2D eigenvalue weighted by Gasteiger charge is -2.01. The van der Waals surface area contributed by atoms with Crippen molar-refractivity contribution in [2.24, 2.45) is 10.7 Å². The first-order chi connectivity index (χ1) is 8.66. The minimum Gasteiger partial charge on any atom is -0.384 e. The van der Waals surface area contributed by atoms with Gasteiger partial charge in [0.05, 0.1) is 22.9 Å². The van der Waals surface area contributed by atoms with Gasteiger partial charge in [-0.05, 0) is 30.7 Å². The number of nitrogens with two attached hydrogens (primary N) is 1. The molecular formula is C14H14N4. The summed E-state index contributed by atoms with van der Waals surface area (Å²) in [5.41, 5.74) is 8.90. The van der Waals surface area contributed by atoms with E-state index in [1.54, 1.807) is 12.4 Å². The fourth-order valence-corrected chi connectivity index (χ4v) is 1.48. The van der Waals surface area contributed by atoms with Gasteiger partial charge in [0.2, 0.25) is 0 Å². The maximum absolute atomic E-state index is 5.34. The molecule has 0 radical (unpaired) electrons. The van der Waals surface area contributed by atoms with Crippen LogP contribution < -0.4 is 5.73 Å². The lowest BCUT2D eigenvalue weighted by molar-refractivity contribution is 1.24. The Balaban J connectivity index is 2.33. The molecule has 0 unspecified atom stereocenters. The van der Waals surface area contributed by atoms with Crippen LogP contribution in [0.15, 0.2) is 53.9 Å². The summed E-state index contributed by atoms with van der Waals surface area (Å²) in [5, 5.41) is 0. The van der Waals surface area contributed by atoms with Crippen molar-refractivity contribution in [2.45, 2.75) is 6.92 Å². The van der Waals surface area contributed by atoms with Crippen molar-refractivity contribution in [3.63, 3.8) is 0 Å². The second-order valence-corrected chi connectivity index (χ2v) is 3.86. The second kappa shape index (κ2) is 5.23. The summed E-state index contributed by atoms with van der Waals surface area (Å²) in [4.78, 5) is 12.8. The van der Waals surface area contributed by atoms with Crippen LogP contribution in [0.1, 0.15) is 12.6 Å². The monoisotopic (exact) mass is 238 g/mol. The van der Waals surface area contributed by atoms with Gasteiger partial charge in [0, 0.05) is 6.21 Å². The minimum atomic E-state index is 0.281. The number of hydrogen-bond acceptors (Lipinski definition) is 4. The van der Waals surface area contributed by atoms with Gasteiger partial charge < -0.3 is 5.73 Å². The van der Waals surface area contributed by atoms with E-state index >= 15 is 0 Å². The van der Waals surface area contributed by atoms with Crippen molar-refractivity contribution in [1.29, 1.82) is 0 Å². The molecule has 18 heavy (non-hydrogen) atoms. The number of para-hydroxylation sites is 2. The Morgan fingerprint density at radius 1 is 1.33 bits per heavy atom. The molecule has 0 bridgehead atoms. The molecule has 0 aliphatic rings. The Morgan fingerprint density at radius 3 is 2.78 bits per heavy atom. The number of aliphatic imine (C=N–C) groups is 1. The summed E-state index contributed by atoms with van der Waals surface area (Å²) < 4.78 is 0. The highest BCUT2D eigenvalue weighted by molar-refractivity contribution is 5.84. The maximum atomic E-state index is 5.34. The van der Waals surface area contributed by atoms with Crippen LogP contribution in [0.25, 0.3) is 16.6 Å². The molecule has 0 aliphatic carbocycles. The number of nitrogens with zero attached hydrogens (tertiary/aromatic N) is 3. The van der Waals surface area contributed by atoms with E-state index in [0.29, 0.717) is 0 Å². The number of allylic oxidation sites excluding steroid dienone is 2. The first-order valence-corrected chi connectivity index (χ1v) is 5.54. The van der Waals surface area contributed by atoms with Crippen molar-refractivity contribution in [3.05, 3.63) is 54.6 Å². The van der Waals surface area contributed by atoms with Gasteiger partial charge in [-0.25, -0.2) is 9.98 Å². The molecule has 2 aromatic rings. The summed E-state index contributed by atoms with van der Waals surface area (Å²) in [6, 6.07) is 7.76. The van der Waals surface area contributed by atoms with Gasteiger partial charge in [-0.3, -0.25) is 4.98 Å². The summed E-state index contributed by atoms with van der Waals surface area (Å²) >= 11 is 0. The van der Waals surface area contributed by atoms with Crippen molar-refractivity contribution in [3.8, 4) is 0 Å². The maximum Gasteiger partial charge on any atom is 0.115 e. The number of rotatable bonds is 3. The van der Waals surface area contributed by atoms with E-state index in [2.05, 4.69) is 21.5 Å². The predicted molar refractivity (Wildman–Crippen MR) is 75.0 cm³/mol. The topological polar surface area (TPSA) is 64.2 Å². The molecule has 0 fully saturated rings. The molecule has 0 saturated heterocycles. The van der Waals surface area contributed by atoms with E-state index in [1.165, 1.54) is 0 Å². The largest absolute Gasteiger partial charge is 0.384 e. The molecule has 0 atom stereocenters. The van der Waals surface area contributed by atoms with Crippen molar-refractivity contribution < 1.29 is 0 Å². The Kier molecular flexibility index (Phi) is 3.48. The zero-order valence-corrected chi connectivity index (χ0v) is 10.2. The van der Waals surface area contributed by atoms with Crippen LogP contribution >= 0.6 is 0 Å². The third-order valence-electron chi connectivity index (χ3n) is 2.42. The lowest BCUT2D eigenvalue weighted by Crippen LogP contribution is -1.92. The van der Waals surface area contributed by atoms with Crippen molar-refractivity contribution in [2.75, 3.05) is 0 Å². The molecular weight excluding hydrogens is 224 g/mol. The van der Waals surface area contributed by atoms with Gasteiger partial charge in [0.15, 0.2) is 0 Å². The molecule has 4 heteroatoms. The highest BCUT2D eigenvalue weighted by atomic mass is 14.9. The van der Waals surface area contributed by atoms with Gasteiger partial charge in [-0.2, -0.15) is 0 Å². The van der Waals surface area contributed by atoms with Gasteiger partial charge in [-0.15, -0.1) is 0 Å². The van der Waals surface area contributed by atoms with E-state index in [-0.39, 0.29) is 5.82 Å². The summed E-state index contributed by atoms with van der Waals surface area (Å²) in [6.07, 6.45) is 5.19. The van der Waals surface area contributed by atoms with Crippen molar-refractivity contribution in [1.82, 2.24) is 9.97 Å². The van der Waals surface area contributed by atoms with Gasteiger partial charge >= 0.3 is 0 Å². The smallest absolute Gasteiger partial charge is 0.115 e. The second-order valence-electron chi connectivity index (χ2n) is 3.86. The fourth-order valence-electron chi connectivity index (χ4n) is 1.48. The standard InChI is InChI=1S/C14H14N4/c1-10(7-8-16-11(2)15)14-9-17-12-5-3-4-6-13(12)18-14/h3-9H,2,15H2,1H3/b10-7+,16-8?. The Bertz CT molecular complexity index is 641. The summed E-state index contributed by atoms with van der Waals surface area (Å²) in [5.74, 6) is 0.281. The average Bonchev–Trinajstić information content (AvgIpc) is 2.37. The summed E-state index contributed by atoms with van der Waals surface area (Å²) in [6.45, 7) is 5.44. The van der Waals surface area contributed by atoms with Crippen LogP contribution in [0.3, 0.4) is 0 Å². The average molecular weight is 238 g/mol. The Labute approximate surface area is 106 Å². The fraction of sp³-hybridized carbons (Fsp3) is 0.0714. The van der Waals surface area contributed by atoms with E-state index in [4.69, 9.17) is 5.73 Å². The molecule has 0 amide bonds. The molecule has 4 nitrogen and oxygen atoms in total. The van der Waals surface area contributed by atoms with Crippen LogP contribution in [-0.2, 0) is 0 Å². The van der Waals surface area contributed by atoms with Crippen LogP contribution in [0.4, 0.5) is 0 Å². The predicted octanol–water partition coefficient (Wildman–Crippen LogP) is 2.53. The van der Waals surface area contributed by atoms with E-state index in [9.17, 15) is 0 Å². The molecule has 0 spiro atoms. The molecule has 2 N–H and O–H groups in total. The quantitative estimate of drug-likeness (QED) is 0.836. The van der Waals surface area contributed by atoms with Crippen LogP contribution in [0.2, 0.25) is 0 Å². The van der Waals surface area contributed by atoms with Crippen molar-refractivity contribution >= 4 is 22.8 Å². The molecule has 2 rings (SSSR count). The van der Waals surface area contributed by atoms with E-state index in [1.807, 2.05) is 37.3 Å². The first kappa shape index (κ1) is 12.0. The minimum absolute atomic E-state index is 0.281. The third kappa shape index (κ3) is 2.79. The van der Waals surface area contributed by atoms with Gasteiger partial charge in [-0.1, -0.05) is 18.7 Å². The van der Waals surface area contributed by atoms with Crippen LogP contribution in [0.5, 0.6) is 0 Å². The molecule has 1 aromatic carbocycles. The highest BCUT2D eigenvalue weighted by Crippen LogP contribution is 2.14. The highest BCUT2D eigenvalue weighted by Gasteiger charge is 2.00. The lowest BCUT2D eigenvalue weighted by atomic mass is 10.2. The molecule has 1 heterocycles. The van der Waals surface area contributed by atoms with Crippen LogP contribution in [0, 0.1) is 0 Å². The first-order valence-electron chi connectivity index (χ1n) is 5.54. The number of aromatic nitrogens is 2. The summed E-state index contributed by atoms with van der Waals surface area (Å²) in [7, 11) is 0. The van der Waals surface area contributed by atoms with E-state index in [0.717, 1.165) is 22.3 Å².